The second-order valence-corrected chi connectivity index (χ2v) is 5.32. The molecule has 2 aliphatic carbocycles. The van der Waals surface area contributed by atoms with E-state index in [1.54, 1.807) is 5.57 Å². The molecule has 15 heavy (non-hydrogen) atoms. The highest BCUT2D eigenvalue weighted by atomic mass is 15.1. The van der Waals surface area contributed by atoms with Crippen molar-refractivity contribution in [2.45, 2.75) is 57.9 Å². The number of nitrogens with zero attached hydrogens (tertiary/aromatic N) is 1. The van der Waals surface area contributed by atoms with Crippen LogP contribution in [0.15, 0.2) is 11.6 Å². The van der Waals surface area contributed by atoms with Crippen LogP contribution in [0.5, 0.6) is 0 Å². The number of hydrogen-bond acceptors (Lipinski definition) is 1. The zero-order chi connectivity index (χ0) is 10.7. The van der Waals surface area contributed by atoms with Crippen LogP contribution in [0.1, 0.15) is 51.9 Å². The van der Waals surface area contributed by atoms with Crippen LogP contribution in [-0.4, -0.2) is 24.5 Å². The predicted octanol–water partition coefficient (Wildman–Crippen LogP) is 3.61. The number of rotatable bonds is 3. The van der Waals surface area contributed by atoms with Gasteiger partial charge < -0.3 is 4.90 Å². The second kappa shape index (κ2) is 5.16. The molecule has 0 aromatic heterocycles. The van der Waals surface area contributed by atoms with Gasteiger partial charge in [-0.3, -0.25) is 0 Å². The Morgan fingerprint density at radius 1 is 1.40 bits per heavy atom. The summed E-state index contributed by atoms with van der Waals surface area (Å²) >= 11 is 0. The van der Waals surface area contributed by atoms with Gasteiger partial charge >= 0.3 is 0 Å². The van der Waals surface area contributed by atoms with E-state index in [1.807, 2.05) is 0 Å². The lowest BCUT2D eigenvalue weighted by Crippen LogP contribution is -2.37. The van der Waals surface area contributed by atoms with Crippen LogP contribution in [0.2, 0.25) is 0 Å². The summed E-state index contributed by atoms with van der Waals surface area (Å²) in [6.45, 7) is 3.56. The van der Waals surface area contributed by atoms with Crippen LogP contribution in [0, 0.1) is 5.92 Å². The average Bonchev–Trinajstić information content (AvgIpc) is 2.29. The maximum atomic E-state index is 2.59. The number of hydrogen-bond donors (Lipinski definition) is 0. The quantitative estimate of drug-likeness (QED) is 0.639. The fourth-order valence-electron chi connectivity index (χ4n) is 3.29. The van der Waals surface area contributed by atoms with E-state index in [9.17, 15) is 0 Å². The molecule has 1 nitrogen and oxygen atoms in total. The van der Waals surface area contributed by atoms with Crippen molar-refractivity contribution in [2.75, 3.05) is 13.6 Å². The van der Waals surface area contributed by atoms with Crippen LogP contribution < -0.4 is 0 Å². The lowest BCUT2D eigenvalue weighted by Gasteiger charge is -2.38. The van der Waals surface area contributed by atoms with Crippen LogP contribution >= 0.6 is 0 Å². The first-order valence-electron chi connectivity index (χ1n) is 6.70. The summed E-state index contributed by atoms with van der Waals surface area (Å²) < 4.78 is 0. The Morgan fingerprint density at radius 2 is 2.27 bits per heavy atom. The van der Waals surface area contributed by atoms with E-state index >= 15 is 0 Å². The number of fused-ring (bicyclic) bond motifs is 1. The Kier molecular flexibility index (Phi) is 3.85. The van der Waals surface area contributed by atoms with Gasteiger partial charge in [0.2, 0.25) is 0 Å². The van der Waals surface area contributed by atoms with Crippen LogP contribution in [-0.2, 0) is 0 Å². The van der Waals surface area contributed by atoms with Gasteiger partial charge in [0, 0.05) is 6.04 Å². The Morgan fingerprint density at radius 3 is 3.07 bits per heavy atom. The van der Waals surface area contributed by atoms with Crippen LogP contribution in [0.3, 0.4) is 0 Å². The number of allylic oxidation sites excluding steroid dienone is 2. The third-order valence-electron chi connectivity index (χ3n) is 4.21. The molecular weight excluding hydrogens is 182 g/mol. The highest BCUT2D eigenvalue weighted by Crippen LogP contribution is 2.37. The average molecular weight is 207 g/mol. The van der Waals surface area contributed by atoms with Crippen molar-refractivity contribution in [2.24, 2.45) is 5.92 Å². The van der Waals surface area contributed by atoms with E-state index in [4.69, 9.17) is 0 Å². The van der Waals surface area contributed by atoms with Gasteiger partial charge in [0.15, 0.2) is 0 Å². The molecule has 0 radical (unpaired) electrons. The maximum Gasteiger partial charge on any atom is 0.0101 e. The monoisotopic (exact) mass is 207 g/mol. The molecule has 2 unspecified atom stereocenters. The standard InChI is InChI=1S/C14H25N/c1-3-10-15(2)14-9-8-12-6-4-5-7-13(12)11-14/h6,13-14H,3-5,7-11H2,1-2H3. The first kappa shape index (κ1) is 11.2. The van der Waals surface area contributed by atoms with Gasteiger partial charge in [-0.25, -0.2) is 0 Å². The van der Waals surface area contributed by atoms with E-state index in [2.05, 4.69) is 24.9 Å². The molecule has 0 heterocycles. The van der Waals surface area contributed by atoms with Crippen molar-refractivity contribution in [1.82, 2.24) is 4.90 Å². The molecule has 1 fully saturated rings. The summed E-state index contributed by atoms with van der Waals surface area (Å²) in [6.07, 6.45) is 12.3. The highest BCUT2D eigenvalue weighted by molar-refractivity contribution is 5.13. The predicted molar refractivity (Wildman–Crippen MR) is 66.0 cm³/mol. The first-order valence-corrected chi connectivity index (χ1v) is 6.70. The van der Waals surface area contributed by atoms with Gasteiger partial charge in [0.1, 0.15) is 0 Å². The summed E-state index contributed by atoms with van der Waals surface area (Å²) in [6, 6.07) is 0.866. The summed E-state index contributed by atoms with van der Waals surface area (Å²) in [7, 11) is 2.31. The minimum atomic E-state index is 0.866. The Bertz CT molecular complexity index is 231. The lowest BCUT2D eigenvalue weighted by atomic mass is 9.75. The van der Waals surface area contributed by atoms with Gasteiger partial charge in [-0.05, 0) is 64.5 Å². The van der Waals surface area contributed by atoms with Crippen molar-refractivity contribution in [3.63, 3.8) is 0 Å². The molecule has 1 saturated carbocycles. The van der Waals surface area contributed by atoms with E-state index in [1.165, 1.54) is 51.5 Å². The molecule has 86 valence electrons. The second-order valence-electron chi connectivity index (χ2n) is 5.32. The molecule has 0 spiro atoms. The summed E-state index contributed by atoms with van der Waals surface area (Å²) in [4.78, 5) is 2.59. The normalized spacial score (nSPS) is 31.3. The van der Waals surface area contributed by atoms with E-state index in [-0.39, 0.29) is 0 Å². The Labute approximate surface area is 94.5 Å². The molecule has 0 amide bonds. The minimum Gasteiger partial charge on any atom is -0.303 e. The summed E-state index contributed by atoms with van der Waals surface area (Å²) in [5.74, 6) is 0.941. The molecule has 2 aliphatic rings. The molecule has 0 saturated heterocycles. The first-order chi connectivity index (χ1) is 7.31. The minimum absolute atomic E-state index is 0.866. The zero-order valence-electron chi connectivity index (χ0n) is 10.3. The molecule has 0 aromatic rings. The van der Waals surface area contributed by atoms with Gasteiger partial charge in [0.25, 0.3) is 0 Å². The van der Waals surface area contributed by atoms with Gasteiger partial charge in [-0.1, -0.05) is 18.6 Å². The Balaban J connectivity index is 1.91. The largest absolute Gasteiger partial charge is 0.303 e. The SMILES string of the molecule is CCCN(C)C1CCC2=CCCCC2C1. The summed E-state index contributed by atoms with van der Waals surface area (Å²) in [5.41, 5.74) is 1.79. The molecular formula is C14H25N. The van der Waals surface area contributed by atoms with Crippen molar-refractivity contribution in [3.8, 4) is 0 Å². The van der Waals surface area contributed by atoms with Crippen molar-refractivity contribution >= 4 is 0 Å². The molecule has 1 heteroatoms. The molecule has 2 rings (SSSR count). The summed E-state index contributed by atoms with van der Waals surface area (Å²) in [5, 5.41) is 0. The molecule has 2 atom stereocenters. The topological polar surface area (TPSA) is 3.24 Å². The van der Waals surface area contributed by atoms with Crippen LogP contribution in [0.25, 0.3) is 0 Å². The van der Waals surface area contributed by atoms with Gasteiger partial charge in [-0.15, -0.1) is 0 Å². The smallest absolute Gasteiger partial charge is 0.0101 e. The van der Waals surface area contributed by atoms with Gasteiger partial charge in [-0.2, -0.15) is 0 Å². The molecule has 0 bridgehead atoms. The zero-order valence-corrected chi connectivity index (χ0v) is 10.3. The molecule has 0 N–H and O–H groups in total. The van der Waals surface area contributed by atoms with Gasteiger partial charge in [0.05, 0.1) is 0 Å². The van der Waals surface area contributed by atoms with Crippen LogP contribution in [0.4, 0.5) is 0 Å². The highest BCUT2D eigenvalue weighted by Gasteiger charge is 2.28. The maximum absolute atomic E-state index is 2.59. The lowest BCUT2D eigenvalue weighted by molar-refractivity contribution is 0.176. The fraction of sp³-hybridized carbons (Fsp3) is 0.857. The molecule has 0 aromatic carbocycles. The van der Waals surface area contributed by atoms with Crippen molar-refractivity contribution in [3.05, 3.63) is 11.6 Å². The van der Waals surface area contributed by atoms with Crippen molar-refractivity contribution in [1.29, 1.82) is 0 Å². The van der Waals surface area contributed by atoms with Crippen molar-refractivity contribution < 1.29 is 0 Å². The van der Waals surface area contributed by atoms with E-state index in [0.717, 1.165) is 12.0 Å². The fourth-order valence-corrected chi connectivity index (χ4v) is 3.29. The third-order valence-corrected chi connectivity index (χ3v) is 4.21. The Hall–Kier alpha value is -0.300. The van der Waals surface area contributed by atoms with E-state index in [0.29, 0.717) is 0 Å². The van der Waals surface area contributed by atoms with E-state index < -0.39 is 0 Å². The molecule has 0 aliphatic heterocycles. The third kappa shape index (κ3) is 2.63.